The molecule has 0 bridgehead atoms. The lowest BCUT2D eigenvalue weighted by Gasteiger charge is -2.21. The molecule has 0 amide bonds. The normalized spacial score (nSPS) is 15.7. The van der Waals surface area contributed by atoms with Gasteiger partial charge in [0.2, 0.25) is 0 Å². The van der Waals surface area contributed by atoms with Crippen LogP contribution in [0.2, 0.25) is 0 Å². The lowest BCUT2D eigenvalue weighted by molar-refractivity contribution is 0.912. The average Bonchev–Trinajstić information content (AvgIpc) is 3.13. The van der Waals surface area contributed by atoms with Crippen molar-refractivity contribution < 1.29 is 0 Å². The third-order valence-electron chi connectivity index (χ3n) is 4.52. The number of hydrogen-bond donors (Lipinski definition) is 2. The summed E-state index contributed by atoms with van der Waals surface area (Å²) in [5, 5.41) is 11.6. The van der Waals surface area contributed by atoms with Crippen molar-refractivity contribution in [3.05, 3.63) is 59.2 Å². The summed E-state index contributed by atoms with van der Waals surface area (Å²) in [5.74, 6) is 0.470. The van der Waals surface area contributed by atoms with Gasteiger partial charge in [-0.25, -0.2) is 0 Å². The van der Waals surface area contributed by atoms with E-state index < -0.39 is 0 Å². The standard InChI is InChI=1S/C18H19N3/c19-18(21-11-10-14-4-1-2-7-17(14)21)20-16-9-8-13-5-3-6-15(13)12-16/h1-2,4,7-9,12H,3,5-6,10-11H2,(H2,19,20). The fraction of sp³-hybridized carbons (Fsp3) is 0.278. The maximum atomic E-state index is 8.37. The average molecular weight is 277 g/mol. The van der Waals surface area contributed by atoms with Gasteiger partial charge in [0.1, 0.15) is 0 Å². The van der Waals surface area contributed by atoms with Crippen molar-refractivity contribution in [1.29, 1.82) is 5.41 Å². The maximum absolute atomic E-state index is 8.37. The molecule has 3 nitrogen and oxygen atoms in total. The Morgan fingerprint density at radius 1 is 0.952 bits per heavy atom. The lowest BCUT2D eigenvalue weighted by Crippen LogP contribution is -2.34. The quantitative estimate of drug-likeness (QED) is 0.617. The zero-order valence-corrected chi connectivity index (χ0v) is 12.0. The van der Waals surface area contributed by atoms with Gasteiger partial charge in [0.25, 0.3) is 0 Å². The lowest BCUT2D eigenvalue weighted by atomic mass is 10.1. The summed E-state index contributed by atoms with van der Waals surface area (Å²) in [6, 6.07) is 14.9. The topological polar surface area (TPSA) is 39.1 Å². The number of anilines is 2. The Hall–Kier alpha value is -2.29. The SMILES string of the molecule is N=C(Nc1ccc2c(c1)CCC2)N1CCc2ccccc21. The van der Waals surface area contributed by atoms with E-state index in [4.69, 9.17) is 5.41 Å². The molecule has 0 saturated heterocycles. The predicted molar refractivity (Wildman–Crippen MR) is 87.3 cm³/mol. The van der Waals surface area contributed by atoms with Crippen LogP contribution < -0.4 is 10.2 Å². The fourth-order valence-corrected chi connectivity index (χ4v) is 3.42. The minimum atomic E-state index is 0.470. The summed E-state index contributed by atoms with van der Waals surface area (Å²) < 4.78 is 0. The molecule has 0 aromatic heterocycles. The molecule has 21 heavy (non-hydrogen) atoms. The van der Waals surface area contributed by atoms with E-state index in [2.05, 4.69) is 46.6 Å². The second-order valence-electron chi connectivity index (χ2n) is 5.84. The van der Waals surface area contributed by atoms with Gasteiger partial charge < -0.3 is 10.2 Å². The van der Waals surface area contributed by atoms with Gasteiger partial charge in [-0.15, -0.1) is 0 Å². The van der Waals surface area contributed by atoms with E-state index >= 15 is 0 Å². The molecule has 2 N–H and O–H groups in total. The first-order valence-corrected chi connectivity index (χ1v) is 7.64. The van der Waals surface area contributed by atoms with Crippen molar-refractivity contribution in [2.75, 3.05) is 16.8 Å². The summed E-state index contributed by atoms with van der Waals surface area (Å²) in [7, 11) is 0. The number of fused-ring (bicyclic) bond motifs is 2. The minimum absolute atomic E-state index is 0.470. The van der Waals surface area contributed by atoms with E-state index in [1.54, 1.807) is 0 Å². The molecule has 2 aliphatic rings. The highest BCUT2D eigenvalue weighted by Gasteiger charge is 2.22. The zero-order chi connectivity index (χ0) is 14.2. The van der Waals surface area contributed by atoms with E-state index in [9.17, 15) is 0 Å². The molecule has 2 aromatic rings. The molecular weight excluding hydrogens is 258 g/mol. The molecule has 0 radical (unpaired) electrons. The predicted octanol–water partition coefficient (Wildman–Crippen LogP) is 3.58. The highest BCUT2D eigenvalue weighted by Crippen LogP contribution is 2.29. The van der Waals surface area contributed by atoms with Crippen molar-refractivity contribution in [2.24, 2.45) is 0 Å². The molecule has 1 aliphatic heterocycles. The Labute approximate surface area is 125 Å². The first kappa shape index (κ1) is 12.5. The number of para-hydroxylation sites is 1. The Kier molecular flexibility index (Phi) is 2.92. The number of nitrogens with one attached hydrogen (secondary N) is 2. The van der Waals surface area contributed by atoms with Crippen molar-refractivity contribution in [3.63, 3.8) is 0 Å². The molecule has 0 saturated carbocycles. The van der Waals surface area contributed by atoms with Crippen LogP contribution in [0.5, 0.6) is 0 Å². The van der Waals surface area contributed by atoms with Gasteiger partial charge in [-0.3, -0.25) is 5.41 Å². The highest BCUT2D eigenvalue weighted by molar-refractivity contribution is 6.04. The number of nitrogens with zero attached hydrogens (tertiary/aromatic N) is 1. The second-order valence-corrected chi connectivity index (χ2v) is 5.84. The van der Waals surface area contributed by atoms with Crippen LogP contribution in [-0.4, -0.2) is 12.5 Å². The van der Waals surface area contributed by atoms with Crippen molar-refractivity contribution >= 4 is 17.3 Å². The first-order valence-electron chi connectivity index (χ1n) is 7.64. The van der Waals surface area contributed by atoms with Gasteiger partial charge in [-0.05, 0) is 60.6 Å². The third kappa shape index (κ3) is 2.19. The molecule has 3 heteroatoms. The molecule has 2 aromatic carbocycles. The van der Waals surface area contributed by atoms with Crippen LogP contribution in [-0.2, 0) is 19.3 Å². The summed E-state index contributed by atoms with van der Waals surface area (Å²) in [4.78, 5) is 2.06. The Morgan fingerprint density at radius 3 is 2.76 bits per heavy atom. The fourth-order valence-electron chi connectivity index (χ4n) is 3.42. The van der Waals surface area contributed by atoms with E-state index in [1.165, 1.54) is 36.0 Å². The van der Waals surface area contributed by atoms with Crippen molar-refractivity contribution in [2.45, 2.75) is 25.7 Å². The van der Waals surface area contributed by atoms with Crippen LogP contribution in [0.3, 0.4) is 0 Å². The summed E-state index contributed by atoms with van der Waals surface area (Å²) >= 11 is 0. The second kappa shape index (κ2) is 4.92. The molecule has 4 rings (SSSR count). The molecule has 0 unspecified atom stereocenters. The Balaban J connectivity index is 1.54. The van der Waals surface area contributed by atoms with Gasteiger partial charge in [0.15, 0.2) is 5.96 Å². The number of aryl methyl sites for hydroxylation is 2. The summed E-state index contributed by atoms with van der Waals surface area (Å²) in [6.45, 7) is 0.885. The maximum Gasteiger partial charge on any atom is 0.200 e. The molecule has 1 aliphatic carbocycles. The number of rotatable bonds is 1. The third-order valence-corrected chi connectivity index (χ3v) is 4.52. The largest absolute Gasteiger partial charge is 0.326 e. The molecular formula is C18H19N3. The number of benzene rings is 2. The Bertz CT molecular complexity index is 705. The van der Waals surface area contributed by atoms with Gasteiger partial charge in [-0.2, -0.15) is 0 Å². The number of hydrogen-bond acceptors (Lipinski definition) is 1. The molecule has 0 atom stereocenters. The first-order chi connectivity index (χ1) is 10.3. The van der Waals surface area contributed by atoms with Crippen LogP contribution >= 0.6 is 0 Å². The van der Waals surface area contributed by atoms with Crippen LogP contribution in [0.25, 0.3) is 0 Å². The monoisotopic (exact) mass is 277 g/mol. The van der Waals surface area contributed by atoms with Gasteiger partial charge in [0.05, 0.1) is 0 Å². The van der Waals surface area contributed by atoms with Gasteiger partial charge >= 0.3 is 0 Å². The van der Waals surface area contributed by atoms with E-state index in [1.807, 2.05) is 6.07 Å². The summed E-state index contributed by atoms with van der Waals surface area (Å²) in [5.41, 5.74) is 6.44. The van der Waals surface area contributed by atoms with E-state index in [-0.39, 0.29) is 0 Å². The summed E-state index contributed by atoms with van der Waals surface area (Å²) in [6.07, 6.45) is 4.65. The molecule has 0 fully saturated rings. The molecule has 0 spiro atoms. The van der Waals surface area contributed by atoms with Crippen molar-refractivity contribution in [1.82, 2.24) is 0 Å². The van der Waals surface area contributed by atoms with Crippen LogP contribution in [0.1, 0.15) is 23.1 Å². The highest BCUT2D eigenvalue weighted by atomic mass is 15.3. The van der Waals surface area contributed by atoms with Crippen LogP contribution in [0, 0.1) is 5.41 Å². The van der Waals surface area contributed by atoms with Crippen LogP contribution in [0.15, 0.2) is 42.5 Å². The smallest absolute Gasteiger partial charge is 0.200 e. The zero-order valence-electron chi connectivity index (χ0n) is 12.0. The van der Waals surface area contributed by atoms with Gasteiger partial charge in [0, 0.05) is 17.9 Å². The van der Waals surface area contributed by atoms with Crippen molar-refractivity contribution in [3.8, 4) is 0 Å². The van der Waals surface area contributed by atoms with E-state index in [0.717, 1.165) is 24.3 Å². The minimum Gasteiger partial charge on any atom is -0.326 e. The van der Waals surface area contributed by atoms with E-state index in [0.29, 0.717) is 5.96 Å². The van der Waals surface area contributed by atoms with Crippen LogP contribution in [0.4, 0.5) is 11.4 Å². The number of guanidine groups is 1. The molecule has 1 heterocycles. The Morgan fingerprint density at radius 2 is 1.81 bits per heavy atom. The van der Waals surface area contributed by atoms with Gasteiger partial charge in [-0.1, -0.05) is 24.3 Å². The molecule has 106 valence electrons.